The Labute approximate surface area is 105 Å². The predicted octanol–water partition coefficient (Wildman–Crippen LogP) is 2.69. The molecule has 4 heteroatoms. The molecule has 0 aliphatic carbocycles. The van der Waals surface area contributed by atoms with E-state index in [9.17, 15) is 4.79 Å². The van der Waals surface area contributed by atoms with Gasteiger partial charge in [-0.25, -0.2) is 0 Å². The first kappa shape index (κ1) is 12.1. The number of hydrogen-bond acceptors (Lipinski definition) is 3. The molecule has 2 aromatic rings. The van der Waals surface area contributed by atoms with E-state index < -0.39 is 0 Å². The smallest absolute Gasteiger partial charge is 0.290 e. The lowest BCUT2D eigenvalue weighted by Gasteiger charge is -1.99. The third-order valence-corrected chi connectivity index (χ3v) is 2.33. The Morgan fingerprint density at radius 2 is 2.22 bits per heavy atom. The third kappa shape index (κ3) is 3.07. The van der Waals surface area contributed by atoms with Gasteiger partial charge in [0.15, 0.2) is 5.76 Å². The number of furan rings is 1. The van der Waals surface area contributed by atoms with Crippen LogP contribution in [0.25, 0.3) is 6.08 Å². The van der Waals surface area contributed by atoms with Crippen LogP contribution in [0.1, 0.15) is 27.5 Å². The number of hydrogen-bond donors (Lipinski definition) is 1. The quantitative estimate of drug-likeness (QED) is 0.900. The molecule has 0 radical (unpaired) electrons. The lowest BCUT2D eigenvalue weighted by atomic mass is 10.2. The maximum absolute atomic E-state index is 11.6. The van der Waals surface area contributed by atoms with Gasteiger partial charge in [-0.05, 0) is 49.8 Å². The van der Waals surface area contributed by atoms with Gasteiger partial charge in [-0.15, -0.1) is 0 Å². The Kier molecular flexibility index (Phi) is 3.57. The normalized spacial score (nSPS) is 10.8. The van der Waals surface area contributed by atoms with Gasteiger partial charge in [-0.3, -0.25) is 9.78 Å². The van der Waals surface area contributed by atoms with Crippen molar-refractivity contribution in [3.8, 4) is 0 Å². The number of carbonyl (C=O) groups is 1. The first-order valence-corrected chi connectivity index (χ1v) is 5.61. The molecule has 92 valence electrons. The fourth-order valence-electron chi connectivity index (χ4n) is 1.64. The molecule has 0 aliphatic heterocycles. The monoisotopic (exact) mass is 242 g/mol. The SMILES string of the molecule is Cc1cc(C)nc(/C=C/NC(=O)c2ccco2)c1. The van der Waals surface area contributed by atoms with E-state index >= 15 is 0 Å². The number of amides is 1. The van der Waals surface area contributed by atoms with Gasteiger partial charge in [0.25, 0.3) is 5.91 Å². The summed E-state index contributed by atoms with van der Waals surface area (Å²) in [6.07, 6.45) is 4.77. The van der Waals surface area contributed by atoms with E-state index in [4.69, 9.17) is 4.42 Å². The summed E-state index contributed by atoms with van der Waals surface area (Å²) in [6.45, 7) is 3.94. The number of aryl methyl sites for hydroxylation is 2. The van der Waals surface area contributed by atoms with Crippen LogP contribution in [0.3, 0.4) is 0 Å². The van der Waals surface area contributed by atoms with Crippen molar-refractivity contribution in [1.29, 1.82) is 0 Å². The van der Waals surface area contributed by atoms with Gasteiger partial charge in [0.2, 0.25) is 0 Å². The van der Waals surface area contributed by atoms with Crippen LogP contribution in [0.5, 0.6) is 0 Å². The topological polar surface area (TPSA) is 55.1 Å². The number of carbonyl (C=O) groups excluding carboxylic acids is 1. The summed E-state index contributed by atoms with van der Waals surface area (Å²) >= 11 is 0. The molecule has 0 fully saturated rings. The van der Waals surface area contributed by atoms with E-state index in [1.54, 1.807) is 24.4 Å². The van der Waals surface area contributed by atoms with E-state index in [1.807, 2.05) is 26.0 Å². The summed E-state index contributed by atoms with van der Waals surface area (Å²) in [4.78, 5) is 15.9. The first-order valence-electron chi connectivity index (χ1n) is 5.61. The highest BCUT2D eigenvalue weighted by atomic mass is 16.3. The zero-order valence-corrected chi connectivity index (χ0v) is 10.3. The van der Waals surface area contributed by atoms with Crippen molar-refractivity contribution in [1.82, 2.24) is 10.3 Å². The highest BCUT2D eigenvalue weighted by Crippen LogP contribution is 2.05. The fourth-order valence-corrected chi connectivity index (χ4v) is 1.64. The van der Waals surface area contributed by atoms with Gasteiger partial charge < -0.3 is 9.73 Å². The van der Waals surface area contributed by atoms with Gasteiger partial charge in [0.05, 0.1) is 12.0 Å². The lowest BCUT2D eigenvalue weighted by molar-refractivity contribution is 0.0943. The van der Waals surface area contributed by atoms with Crippen LogP contribution in [0.2, 0.25) is 0 Å². The molecule has 0 saturated heterocycles. The van der Waals surface area contributed by atoms with Crippen LogP contribution >= 0.6 is 0 Å². The van der Waals surface area contributed by atoms with Crippen LogP contribution in [0.4, 0.5) is 0 Å². The molecule has 0 atom stereocenters. The Hall–Kier alpha value is -2.36. The number of rotatable bonds is 3. The molecular weight excluding hydrogens is 228 g/mol. The molecule has 0 aliphatic rings. The Balaban J connectivity index is 2.01. The Bertz CT molecular complexity index is 551. The van der Waals surface area contributed by atoms with Crippen molar-refractivity contribution < 1.29 is 9.21 Å². The second kappa shape index (κ2) is 5.31. The van der Waals surface area contributed by atoms with Crippen molar-refractivity contribution in [3.05, 3.63) is 59.4 Å². The summed E-state index contributed by atoms with van der Waals surface area (Å²) in [5, 5.41) is 2.62. The zero-order valence-electron chi connectivity index (χ0n) is 10.3. The molecule has 2 aromatic heterocycles. The number of pyridine rings is 1. The molecule has 18 heavy (non-hydrogen) atoms. The predicted molar refractivity (Wildman–Crippen MR) is 68.9 cm³/mol. The largest absolute Gasteiger partial charge is 0.459 e. The second-order valence-electron chi connectivity index (χ2n) is 3.99. The fraction of sp³-hybridized carbons (Fsp3) is 0.143. The summed E-state index contributed by atoms with van der Waals surface area (Å²) in [6, 6.07) is 7.23. The Morgan fingerprint density at radius 1 is 1.39 bits per heavy atom. The van der Waals surface area contributed by atoms with E-state index in [0.717, 1.165) is 17.0 Å². The molecule has 0 unspecified atom stereocenters. The number of nitrogens with one attached hydrogen (secondary N) is 1. The molecule has 2 rings (SSSR count). The molecule has 0 bridgehead atoms. The maximum atomic E-state index is 11.6. The summed E-state index contributed by atoms with van der Waals surface area (Å²) in [5.74, 6) is 0.00802. The van der Waals surface area contributed by atoms with Gasteiger partial charge in [-0.1, -0.05) is 0 Å². The lowest BCUT2D eigenvalue weighted by Crippen LogP contribution is -2.15. The summed E-state index contributed by atoms with van der Waals surface area (Å²) in [7, 11) is 0. The van der Waals surface area contributed by atoms with Gasteiger partial charge in [0, 0.05) is 11.9 Å². The van der Waals surface area contributed by atoms with Crippen LogP contribution in [0, 0.1) is 13.8 Å². The standard InChI is InChI=1S/C14H14N2O2/c1-10-8-11(2)16-12(9-10)5-6-15-14(17)13-4-3-7-18-13/h3-9H,1-2H3,(H,15,17)/b6-5+. The van der Waals surface area contributed by atoms with Gasteiger partial charge >= 0.3 is 0 Å². The molecule has 0 saturated carbocycles. The van der Waals surface area contributed by atoms with Crippen LogP contribution in [-0.2, 0) is 0 Å². The minimum atomic E-state index is -0.277. The van der Waals surface area contributed by atoms with E-state index in [2.05, 4.69) is 10.3 Å². The van der Waals surface area contributed by atoms with Crippen LogP contribution in [0.15, 0.2) is 41.1 Å². The molecule has 1 amide bonds. The van der Waals surface area contributed by atoms with Crippen molar-refractivity contribution in [3.63, 3.8) is 0 Å². The van der Waals surface area contributed by atoms with Crippen molar-refractivity contribution >= 4 is 12.0 Å². The van der Waals surface area contributed by atoms with Gasteiger partial charge in [0.1, 0.15) is 0 Å². The summed E-state index contributed by atoms with van der Waals surface area (Å²) < 4.78 is 4.97. The van der Waals surface area contributed by atoms with Crippen molar-refractivity contribution in [2.24, 2.45) is 0 Å². The second-order valence-corrected chi connectivity index (χ2v) is 3.99. The molecule has 0 aromatic carbocycles. The van der Waals surface area contributed by atoms with E-state index in [0.29, 0.717) is 0 Å². The molecular formula is C14H14N2O2. The highest BCUT2D eigenvalue weighted by molar-refractivity contribution is 5.92. The molecule has 0 spiro atoms. The highest BCUT2D eigenvalue weighted by Gasteiger charge is 2.04. The van der Waals surface area contributed by atoms with Crippen LogP contribution in [-0.4, -0.2) is 10.9 Å². The summed E-state index contributed by atoms with van der Waals surface area (Å²) in [5.41, 5.74) is 2.90. The first-order chi connectivity index (χ1) is 8.65. The van der Waals surface area contributed by atoms with Crippen molar-refractivity contribution in [2.75, 3.05) is 0 Å². The minimum absolute atomic E-state index is 0.277. The van der Waals surface area contributed by atoms with Crippen LogP contribution < -0.4 is 5.32 Å². The Morgan fingerprint density at radius 3 is 2.89 bits per heavy atom. The molecule has 4 nitrogen and oxygen atoms in total. The average Bonchev–Trinajstić information content (AvgIpc) is 2.80. The van der Waals surface area contributed by atoms with Gasteiger partial charge in [-0.2, -0.15) is 0 Å². The van der Waals surface area contributed by atoms with E-state index in [-0.39, 0.29) is 11.7 Å². The molecule has 2 heterocycles. The average molecular weight is 242 g/mol. The van der Waals surface area contributed by atoms with Crippen molar-refractivity contribution in [2.45, 2.75) is 13.8 Å². The minimum Gasteiger partial charge on any atom is -0.459 e. The number of aromatic nitrogens is 1. The molecule has 1 N–H and O–H groups in total. The zero-order chi connectivity index (χ0) is 13.0. The third-order valence-electron chi connectivity index (χ3n) is 2.33. The maximum Gasteiger partial charge on any atom is 0.290 e. The van der Waals surface area contributed by atoms with E-state index in [1.165, 1.54) is 6.26 Å². The number of nitrogens with zero attached hydrogens (tertiary/aromatic N) is 1.